The molecule has 0 bridgehead atoms. The lowest BCUT2D eigenvalue weighted by molar-refractivity contribution is 0.338. The van der Waals surface area contributed by atoms with Crippen molar-refractivity contribution in [2.24, 2.45) is 10.7 Å². The molecule has 1 aliphatic heterocycles. The van der Waals surface area contributed by atoms with Crippen LogP contribution in [0.5, 0.6) is 0 Å². The van der Waals surface area contributed by atoms with Crippen molar-refractivity contribution >= 4 is 5.96 Å². The Morgan fingerprint density at radius 2 is 1.91 bits per heavy atom. The lowest BCUT2D eigenvalue weighted by Crippen LogP contribution is -2.40. The Morgan fingerprint density at radius 1 is 1.13 bits per heavy atom. The first kappa shape index (κ1) is 15.6. The standard InChI is InChI=1S/C18H25N5/c19-18(23-11-5-2-6-12-23)21-15-17-20-10-14-22(17)13-9-16-7-3-1-4-8-16/h1,3-4,7-8,10,14H,2,5-6,9,11-13,15H2,(H2,19,21). The molecule has 1 aromatic carbocycles. The van der Waals surface area contributed by atoms with Crippen LogP contribution in [0.3, 0.4) is 0 Å². The van der Waals surface area contributed by atoms with Crippen molar-refractivity contribution < 1.29 is 0 Å². The fraction of sp³-hybridized carbons (Fsp3) is 0.444. The number of nitrogens with two attached hydrogens (primary N) is 1. The molecule has 0 aliphatic carbocycles. The number of hydrogen-bond acceptors (Lipinski definition) is 2. The Balaban J connectivity index is 1.57. The van der Waals surface area contributed by atoms with Crippen molar-refractivity contribution in [1.29, 1.82) is 0 Å². The molecule has 0 radical (unpaired) electrons. The molecule has 2 N–H and O–H groups in total. The smallest absolute Gasteiger partial charge is 0.191 e. The average molecular weight is 311 g/mol. The molecule has 0 amide bonds. The second-order valence-electron chi connectivity index (χ2n) is 5.99. The quantitative estimate of drug-likeness (QED) is 0.681. The van der Waals surface area contributed by atoms with Gasteiger partial charge in [-0.2, -0.15) is 0 Å². The van der Waals surface area contributed by atoms with Gasteiger partial charge in [0.15, 0.2) is 5.96 Å². The molecular weight excluding hydrogens is 286 g/mol. The van der Waals surface area contributed by atoms with Crippen molar-refractivity contribution in [1.82, 2.24) is 14.5 Å². The minimum atomic E-state index is 0.546. The maximum Gasteiger partial charge on any atom is 0.191 e. The molecule has 2 heterocycles. The second kappa shape index (κ2) is 7.81. The van der Waals surface area contributed by atoms with E-state index < -0.39 is 0 Å². The molecule has 122 valence electrons. The number of benzene rings is 1. The summed E-state index contributed by atoms with van der Waals surface area (Å²) in [4.78, 5) is 11.2. The van der Waals surface area contributed by atoms with Crippen LogP contribution in [0.25, 0.3) is 0 Å². The van der Waals surface area contributed by atoms with Gasteiger partial charge in [-0.15, -0.1) is 0 Å². The van der Waals surface area contributed by atoms with Gasteiger partial charge in [-0.25, -0.2) is 9.98 Å². The molecule has 1 saturated heterocycles. The average Bonchev–Trinajstić information content (AvgIpc) is 3.07. The number of aryl methyl sites for hydroxylation is 2. The van der Waals surface area contributed by atoms with E-state index in [4.69, 9.17) is 5.73 Å². The molecule has 1 aromatic heterocycles. The number of guanidine groups is 1. The summed E-state index contributed by atoms with van der Waals surface area (Å²) in [5.74, 6) is 1.63. The van der Waals surface area contributed by atoms with E-state index in [-0.39, 0.29) is 0 Å². The van der Waals surface area contributed by atoms with E-state index in [2.05, 4.69) is 43.7 Å². The van der Waals surface area contributed by atoms with Gasteiger partial charge in [-0.1, -0.05) is 30.3 Å². The Labute approximate surface area is 137 Å². The Hall–Kier alpha value is -2.30. The van der Waals surface area contributed by atoms with Crippen LogP contribution >= 0.6 is 0 Å². The fourth-order valence-electron chi connectivity index (χ4n) is 2.96. The second-order valence-corrected chi connectivity index (χ2v) is 5.99. The predicted octanol–water partition coefficient (Wildman–Crippen LogP) is 2.43. The number of imidazole rings is 1. The number of nitrogens with zero attached hydrogens (tertiary/aromatic N) is 4. The van der Waals surface area contributed by atoms with Crippen molar-refractivity contribution in [2.45, 2.75) is 38.8 Å². The van der Waals surface area contributed by atoms with Crippen molar-refractivity contribution in [3.05, 3.63) is 54.1 Å². The van der Waals surface area contributed by atoms with Crippen LogP contribution in [-0.4, -0.2) is 33.5 Å². The van der Waals surface area contributed by atoms with Crippen molar-refractivity contribution in [3.8, 4) is 0 Å². The third-order valence-electron chi connectivity index (χ3n) is 4.35. The van der Waals surface area contributed by atoms with E-state index in [1.807, 2.05) is 18.5 Å². The number of piperidine rings is 1. The normalized spacial score (nSPS) is 15.8. The molecule has 23 heavy (non-hydrogen) atoms. The van der Waals surface area contributed by atoms with E-state index in [1.165, 1.54) is 24.8 Å². The van der Waals surface area contributed by atoms with Crippen LogP contribution in [0.4, 0.5) is 0 Å². The van der Waals surface area contributed by atoms with Crippen LogP contribution in [0.1, 0.15) is 30.7 Å². The third-order valence-corrected chi connectivity index (χ3v) is 4.35. The van der Waals surface area contributed by atoms with Crippen molar-refractivity contribution in [3.63, 3.8) is 0 Å². The Bertz CT molecular complexity index is 626. The highest BCUT2D eigenvalue weighted by molar-refractivity contribution is 5.78. The molecule has 0 unspecified atom stereocenters. The van der Waals surface area contributed by atoms with Crippen LogP contribution in [0, 0.1) is 0 Å². The predicted molar refractivity (Wildman–Crippen MR) is 93.1 cm³/mol. The van der Waals surface area contributed by atoms with Gasteiger partial charge in [0, 0.05) is 32.0 Å². The summed E-state index contributed by atoms with van der Waals surface area (Å²) in [7, 11) is 0. The first-order chi connectivity index (χ1) is 11.3. The van der Waals surface area contributed by atoms with E-state index >= 15 is 0 Å². The van der Waals surface area contributed by atoms with Crippen LogP contribution in [-0.2, 0) is 19.5 Å². The summed E-state index contributed by atoms with van der Waals surface area (Å²) >= 11 is 0. The third kappa shape index (κ3) is 4.34. The lowest BCUT2D eigenvalue weighted by Gasteiger charge is -2.27. The number of rotatable bonds is 5. The van der Waals surface area contributed by atoms with E-state index in [1.54, 1.807) is 0 Å². The van der Waals surface area contributed by atoms with E-state index in [0.717, 1.165) is 31.9 Å². The van der Waals surface area contributed by atoms with Gasteiger partial charge in [0.25, 0.3) is 0 Å². The molecule has 3 rings (SSSR count). The van der Waals surface area contributed by atoms with E-state index in [9.17, 15) is 0 Å². The molecule has 5 heteroatoms. The Kier molecular flexibility index (Phi) is 5.29. The van der Waals surface area contributed by atoms with Gasteiger partial charge in [0.2, 0.25) is 0 Å². The van der Waals surface area contributed by atoms with Gasteiger partial charge in [0.05, 0.1) is 0 Å². The van der Waals surface area contributed by atoms with Gasteiger partial charge >= 0.3 is 0 Å². The molecular formula is C18H25N5. The highest BCUT2D eigenvalue weighted by Gasteiger charge is 2.12. The summed E-state index contributed by atoms with van der Waals surface area (Å²) < 4.78 is 2.17. The summed E-state index contributed by atoms with van der Waals surface area (Å²) in [6.07, 6.45) is 8.57. The summed E-state index contributed by atoms with van der Waals surface area (Å²) in [5, 5.41) is 0. The molecule has 0 saturated carbocycles. The molecule has 0 spiro atoms. The largest absolute Gasteiger partial charge is 0.370 e. The Morgan fingerprint density at radius 3 is 2.70 bits per heavy atom. The maximum atomic E-state index is 6.12. The zero-order valence-corrected chi connectivity index (χ0v) is 13.6. The maximum absolute atomic E-state index is 6.12. The van der Waals surface area contributed by atoms with Crippen LogP contribution < -0.4 is 5.73 Å². The van der Waals surface area contributed by atoms with Gasteiger partial charge in [0.1, 0.15) is 12.4 Å². The SMILES string of the molecule is NC(=NCc1nccn1CCc1ccccc1)N1CCCCC1. The summed E-state index contributed by atoms with van der Waals surface area (Å²) in [5.41, 5.74) is 7.46. The summed E-state index contributed by atoms with van der Waals surface area (Å²) in [6, 6.07) is 10.5. The number of aromatic nitrogens is 2. The van der Waals surface area contributed by atoms with Gasteiger partial charge < -0.3 is 15.2 Å². The van der Waals surface area contributed by atoms with Crippen LogP contribution in [0.2, 0.25) is 0 Å². The zero-order chi connectivity index (χ0) is 15.9. The first-order valence-corrected chi connectivity index (χ1v) is 8.42. The highest BCUT2D eigenvalue weighted by Crippen LogP contribution is 2.09. The molecule has 1 aliphatic rings. The van der Waals surface area contributed by atoms with E-state index in [0.29, 0.717) is 12.5 Å². The molecule has 2 aromatic rings. The topological polar surface area (TPSA) is 59.4 Å². The number of aliphatic imine (C=N–C) groups is 1. The molecule has 1 fully saturated rings. The van der Waals surface area contributed by atoms with Crippen molar-refractivity contribution in [2.75, 3.05) is 13.1 Å². The van der Waals surface area contributed by atoms with Crippen LogP contribution in [0.15, 0.2) is 47.7 Å². The fourth-order valence-corrected chi connectivity index (χ4v) is 2.96. The summed E-state index contributed by atoms with van der Waals surface area (Å²) in [6.45, 7) is 3.51. The minimum absolute atomic E-state index is 0.546. The van der Waals surface area contributed by atoms with Gasteiger partial charge in [-0.05, 0) is 31.2 Å². The molecule has 5 nitrogen and oxygen atoms in total. The first-order valence-electron chi connectivity index (χ1n) is 8.42. The lowest BCUT2D eigenvalue weighted by atomic mass is 10.1. The zero-order valence-electron chi connectivity index (χ0n) is 13.6. The number of likely N-dealkylation sites (tertiary alicyclic amines) is 1. The minimum Gasteiger partial charge on any atom is -0.370 e. The van der Waals surface area contributed by atoms with Gasteiger partial charge in [-0.3, -0.25) is 0 Å². The molecule has 0 atom stereocenters. The monoisotopic (exact) mass is 311 g/mol. The highest BCUT2D eigenvalue weighted by atomic mass is 15.3. The number of hydrogen-bond donors (Lipinski definition) is 1.